The van der Waals surface area contributed by atoms with Crippen molar-refractivity contribution in [2.24, 2.45) is 21.7 Å². The van der Waals surface area contributed by atoms with Crippen LogP contribution in [0.2, 0.25) is 15.1 Å². The SMILES string of the molecule is NC(N)=NN=Cc1cccc(OCc2ccc(Cl)c(Cl)c2)c1Cl. The summed E-state index contributed by atoms with van der Waals surface area (Å²) in [6.07, 6.45) is 1.44. The molecule has 0 aliphatic carbocycles. The molecule has 0 aromatic heterocycles. The van der Waals surface area contributed by atoms with Gasteiger partial charge in [-0.1, -0.05) is 53.0 Å². The van der Waals surface area contributed by atoms with E-state index in [4.69, 9.17) is 51.0 Å². The van der Waals surface area contributed by atoms with Crippen LogP contribution in [0.1, 0.15) is 11.1 Å². The van der Waals surface area contributed by atoms with Gasteiger partial charge in [0.25, 0.3) is 0 Å². The first kappa shape index (κ1) is 17.4. The predicted octanol–water partition coefficient (Wildman–Crippen LogP) is 3.83. The van der Waals surface area contributed by atoms with Crippen LogP contribution in [0.3, 0.4) is 0 Å². The molecular weight excluding hydrogens is 359 g/mol. The third kappa shape index (κ3) is 5.03. The smallest absolute Gasteiger partial charge is 0.211 e. The first-order valence-corrected chi connectivity index (χ1v) is 7.58. The quantitative estimate of drug-likeness (QED) is 0.476. The van der Waals surface area contributed by atoms with Crippen LogP contribution in [0.25, 0.3) is 0 Å². The van der Waals surface area contributed by atoms with Crippen molar-refractivity contribution in [3.63, 3.8) is 0 Å². The molecule has 8 heteroatoms. The normalized spacial score (nSPS) is 10.7. The van der Waals surface area contributed by atoms with Crippen molar-refractivity contribution in [3.05, 3.63) is 62.6 Å². The Hall–Kier alpha value is -1.95. The molecule has 2 rings (SSSR count). The lowest BCUT2D eigenvalue weighted by Crippen LogP contribution is -2.21. The maximum Gasteiger partial charge on any atom is 0.211 e. The molecule has 0 spiro atoms. The molecule has 120 valence electrons. The molecule has 0 aliphatic rings. The lowest BCUT2D eigenvalue weighted by atomic mass is 10.2. The van der Waals surface area contributed by atoms with E-state index in [9.17, 15) is 0 Å². The number of rotatable bonds is 5. The molecule has 0 atom stereocenters. The van der Waals surface area contributed by atoms with Crippen LogP contribution in [-0.2, 0) is 6.61 Å². The van der Waals surface area contributed by atoms with Gasteiger partial charge in [0.1, 0.15) is 12.4 Å². The van der Waals surface area contributed by atoms with Crippen LogP contribution in [0.4, 0.5) is 0 Å². The van der Waals surface area contributed by atoms with Gasteiger partial charge in [0.2, 0.25) is 5.96 Å². The summed E-state index contributed by atoms with van der Waals surface area (Å²) in [5, 5.41) is 8.61. The van der Waals surface area contributed by atoms with Gasteiger partial charge in [-0.15, -0.1) is 5.10 Å². The van der Waals surface area contributed by atoms with Crippen molar-refractivity contribution in [2.45, 2.75) is 6.61 Å². The second-order valence-corrected chi connectivity index (χ2v) is 5.66. The summed E-state index contributed by atoms with van der Waals surface area (Å²) in [5.74, 6) is 0.371. The minimum atomic E-state index is -0.135. The van der Waals surface area contributed by atoms with Gasteiger partial charge in [-0.05, 0) is 23.8 Å². The van der Waals surface area contributed by atoms with Gasteiger partial charge < -0.3 is 16.2 Å². The van der Waals surface area contributed by atoms with E-state index in [1.165, 1.54) is 6.21 Å². The van der Waals surface area contributed by atoms with Crippen molar-refractivity contribution < 1.29 is 4.74 Å². The maximum absolute atomic E-state index is 6.27. The highest BCUT2D eigenvalue weighted by Gasteiger charge is 2.07. The van der Waals surface area contributed by atoms with Crippen LogP contribution in [0, 0.1) is 0 Å². The van der Waals surface area contributed by atoms with Gasteiger partial charge in [-0.25, -0.2) is 0 Å². The minimum absolute atomic E-state index is 0.135. The van der Waals surface area contributed by atoms with Crippen LogP contribution in [-0.4, -0.2) is 12.2 Å². The fourth-order valence-electron chi connectivity index (χ4n) is 1.69. The van der Waals surface area contributed by atoms with Crippen molar-refractivity contribution >= 4 is 47.0 Å². The predicted molar refractivity (Wildman–Crippen MR) is 95.6 cm³/mol. The highest BCUT2D eigenvalue weighted by Crippen LogP contribution is 2.29. The molecule has 2 aromatic carbocycles. The Balaban J connectivity index is 2.12. The number of nitrogens with two attached hydrogens (primary N) is 2. The molecule has 4 N–H and O–H groups in total. The summed E-state index contributed by atoms with van der Waals surface area (Å²) >= 11 is 18.1. The first-order chi connectivity index (χ1) is 11.0. The molecule has 0 saturated carbocycles. The highest BCUT2D eigenvalue weighted by atomic mass is 35.5. The number of hydrogen-bond acceptors (Lipinski definition) is 3. The van der Waals surface area contributed by atoms with E-state index in [-0.39, 0.29) is 5.96 Å². The van der Waals surface area contributed by atoms with E-state index in [0.29, 0.717) is 33.0 Å². The van der Waals surface area contributed by atoms with Crippen LogP contribution in [0.15, 0.2) is 46.6 Å². The molecule has 0 radical (unpaired) electrons. The Morgan fingerprint density at radius 2 is 1.87 bits per heavy atom. The monoisotopic (exact) mass is 370 g/mol. The Bertz CT molecular complexity index is 758. The fraction of sp³-hybridized carbons (Fsp3) is 0.0667. The van der Waals surface area contributed by atoms with Crippen molar-refractivity contribution in [2.75, 3.05) is 0 Å². The maximum atomic E-state index is 6.27. The lowest BCUT2D eigenvalue weighted by molar-refractivity contribution is 0.306. The number of nitrogens with zero attached hydrogens (tertiary/aromatic N) is 2. The van der Waals surface area contributed by atoms with E-state index in [1.54, 1.807) is 30.3 Å². The Labute approximate surface area is 148 Å². The standard InChI is InChI=1S/C15H13Cl3N4O/c16-11-5-4-9(6-12(11)17)8-23-13-3-1-2-10(14(13)18)7-21-22-15(19)20/h1-7H,8H2,(H4,19,20,22). The zero-order valence-corrected chi connectivity index (χ0v) is 14.1. The molecule has 0 heterocycles. The summed E-state index contributed by atoms with van der Waals surface area (Å²) in [4.78, 5) is 0. The number of hydrogen-bond donors (Lipinski definition) is 2. The largest absolute Gasteiger partial charge is 0.487 e. The molecule has 5 nitrogen and oxygen atoms in total. The van der Waals surface area contributed by atoms with Gasteiger partial charge in [0.05, 0.1) is 21.3 Å². The molecule has 0 fully saturated rings. The van der Waals surface area contributed by atoms with Gasteiger partial charge in [0, 0.05) is 5.56 Å². The lowest BCUT2D eigenvalue weighted by Gasteiger charge is -2.10. The summed E-state index contributed by atoms with van der Waals surface area (Å²) in [5.41, 5.74) is 11.9. The minimum Gasteiger partial charge on any atom is -0.487 e. The molecule has 23 heavy (non-hydrogen) atoms. The van der Waals surface area contributed by atoms with Crippen LogP contribution in [0.5, 0.6) is 5.75 Å². The van der Waals surface area contributed by atoms with Gasteiger partial charge in [0.15, 0.2) is 0 Å². The summed E-state index contributed by atoms with van der Waals surface area (Å²) < 4.78 is 5.71. The topological polar surface area (TPSA) is 86.0 Å². The average Bonchev–Trinajstić information content (AvgIpc) is 2.51. The molecule has 0 aliphatic heterocycles. The molecular formula is C15H13Cl3N4O. The zero-order chi connectivity index (χ0) is 16.8. The summed E-state index contributed by atoms with van der Waals surface area (Å²) in [7, 11) is 0. The van der Waals surface area contributed by atoms with Gasteiger partial charge in [-0.2, -0.15) is 5.10 Å². The molecule has 0 bridgehead atoms. The Morgan fingerprint density at radius 1 is 1.09 bits per heavy atom. The molecule has 0 unspecified atom stereocenters. The van der Waals surface area contributed by atoms with Crippen molar-refractivity contribution in [3.8, 4) is 5.75 Å². The van der Waals surface area contributed by atoms with Crippen molar-refractivity contribution in [1.29, 1.82) is 0 Å². The van der Waals surface area contributed by atoms with E-state index in [1.807, 2.05) is 6.07 Å². The summed E-state index contributed by atoms with van der Waals surface area (Å²) in [6.45, 7) is 0.297. The fourth-order valence-corrected chi connectivity index (χ4v) is 2.24. The summed E-state index contributed by atoms with van der Waals surface area (Å²) in [6, 6.07) is 10.6. The highest BCUT2D eigenvalue weighted by molar-refractivity contribution is 6.42. The van der Waals surface area contributed by atoms with Crippen molar-refractivity contribution in [1.82, 2.24) is 0 Å². The average molecular weight is 372 g/mol. The number of benzene rings is 2. The van der Waals surface area contributed by atoms with Crippen LogP contribution >= 0.6 is 34.8 Å². The Kier molecular flexibility index (Phi) is 6.10. The molecule has 0 saturated heterocycles. The second kappa shape index (κ2) is 8.06. The van der Waals surface area contributed by atoms with E-state index in [0.717, 1.165) is 5.56 Å². The van der Waals surface area contributed by atoms with Crippen LogP contribution < -0.4 is 16.2 Å². The third-order valence-electron chi connectivity index (χ3n) is 2.74. The second-order valence-electron chi connectivity index (χ2n) is 4.47. The number of ether oxygens (including phenoxy) is 1. The van der Waals surface area contributed by atoms with E-state index in [2.05, 4.69) is 10.2 Å². The van der Waals surface area contributed by atoms with E-state index < -0.39 is 0 Å². The number of guanidine groups is 1. The van der Waals surface area contributed by atoms with Gasteiger partial charge in [-0.3, -0.25) is 0 Å². The van der Waals surface area contributed by atoms with Gasteiger partial charge >= 0.3 is 0 Å². The zero-order valence-electron chi connectivity index (χ0n) is 11.8. The molecule has 2 aromatic rings. The Morgan fingerprint density at radius 3 is 2.57 bits per heavy atom. The third-order valence-corrected chi connectivity index (χ3v) is 3.89. The van der Waals surface area contributed by atoms with E-state index >= 15 is 0 Å². The molecule has 0 amide bonds. The first-order valence-electron chi connectivity index (χ1n) is 6.44. The number of halogens is 3.